The molecule has 2 aromatic heterocycles. The Morgan fingerprint density at radius 2 is 2.04 bits per heavy atom. The number of thioether (sulfide) groups is 1. The predicted molar refractivity (Wildman–Crippen MR) is 105 cm³/mol. The number of amides is 1. The zero-order valence-electron chi connectivity index (χ0n) is 15.4. The Hall–Kier alpha value is -2.21. The van der Waals surface area contributed by atoms with Gasteiger partial charge >= 0.3 is 0 Å². The van der Waals surface area contributed by atoms with Crippen LogP contribution in [-0.2, 0) is 11.3 Å². The first-order chi connectivity index (χ1) is 12.5. The molecule has 3 aromatic rings. The third kappa shape index (κ3) is 4.49. The van der Waals surface area contributed by atoms with Crippen LogP contribution in [0.25, 0.3) is 11.0 Å². The summed E-state index contributed by atoms with van der Waals surface area (Å²) in [6.45, 7) is 7.26. The quantitative estimate of drug-likeness (QED) is 0.586. The molecule has 0 spiro atoms. The van der Waals surface area contributed by atoms with E-state index >= 15 is 0 Å². The number of hydrogen-bond acceptors (Lipinski definition) is 4. The van der Waals surface area contributed by atoms with Crippen LogP contribution in [0.5, 0.6) is 0 Å². The van der Waals surface area contributed by atoms with E-state index in [1.165, 1.54) is 11.8 Å². The minimum atomic E-state index is -0.141. The molecule has 0 unspecified atom stereocenters. The summed E-state index contributed by atoms with van der Waals surface area (Å²) in [4.78, 5) is 17.0. The van der Waals surface area contributed by atoms with Crippen LogP contribution in [0.1, 0.15) is 39.0 Å². The van der Waals surface area contributed by atoms with Gasteiger partial charge in [-0.2, -0.15) is 0 Å². The van der Waals surface area contributed by atoms with Crippen LogP contribution < -0.4 is 5.32 Å². The third-order valence-electron chi connectivity index (χ3n) is 4.23. The van der Waals surface area contributed by atoms with Crippen LogP contribution in [0.4, 0.5) is 0 Å². The van der Waals surface area contributed by atoms with Gasteiger partial charge in [-0.15, -0.1) is 0 Å². The van der Waals surface area contributed by atoms with Crippen LogP contribution in [0.3, 0.4) is 0 Å². The van der Waals surface area contributed by atoms with Crippen molar-refractivity contribution in [3.8, 4) is 0 Å². The van der Waals surface area contributed by atoms with Gasteiger partial charge in [-0.05, 0) is 43.5 Å². The number of aryl methyl sites for hydroxylation is 1. The van der Waals surface area contributed by atoms with E-state index in [1.54, 1.807) is 6.26 Å². The predicted octanol–water partition coefficient (Wildman–Crippen LogP) is 4.64. The lowest BCUT2D eigenvalue weighted by molar-refractivity contribution is -0.119. The maximum absolute atomic E-state index is 12.3. The number of aromatic nitrogens is 2. The molecule has 0 saturated heterocycles. The van der Waals surface area contributed by atoms with Crippen molar-refractivity contribution in [1.29, 1.82) is 0 Å². The van der Waals surface area contributed by atoms with E-state index in [0.29, 0.717) is 11.7 Å². The fourth-order valence-corrected chi connectivity index (χ4v) is 3.64. The fourth-order valence-electron chi connectivity index (χ4n) is 2.79. The average molecular weight is 372 g/mol. The molecule has 138 valence electrons. The number of nitrogens with zero attached hydrogens (tertiary/aromatic N) is 2. The number of furan rings is 1. The number of imidazole rings is 1. The van der Waals surface area contributed by atoms with Crippen LogP contribution in [0, 0.1) is 5.92 Å². The van der Waals surface area contributed by atoms with Crippen molar-refractivity contribution < 1.29 is 9.21 Å². The second kappa shape index (κ2) is 8.45. The average Bonchev–Trinajstić information content (AvgIpc) is 3.26. The minimum Gasteiger partial charge on any atom is -0.467 e. The summed E-state index contributed by atoms with van der Waals surface area (Å²) in [7, 11) is 0. The maximum atomic E-state index is 12.3. The first-order valence-corrected chi connectivity index (χ1v) is 9.94. The van der Waals surface area contributed by atoms with E-state index in [4.69, 9.17) is 9.40 Å². The largest absolute Gasteiger partial charge is 0.467 e. The number of rotatable bonds is 8. The van der Waals surface area contributed by atoms with Gasteiger partial charge in [0.15, 0.2) is 5.16 Å². The Balaban J connectivity index is 1.67. The van der Waals surface area contributed by atoms with Gasteiger partial charge in [-0.3, -0.25) is 4.79 Å². The molecule has 5 nitrogen and oxygen atoms in total. The molecule has 0 bridgehead atoms. The summed E-state index contributed by atoms with van der Waals surface area (Å²) < 4.78 is 7.56. The highest BCUT2D eigenvalue weighted by molar-refractivity contribution is 7.99. The monoisotopic (exact) mass is 371 g/mol. The van der Waals surface area contributed by atoms with Crippen molar-refractivity contribution in [2.24, 2.45) is 5.92 Å². The zero-order chi connectivity index (χ0) is 18.5. The summed E-state index contributed by atoms with van der Waals surface area (Å²) >= 11 is 1.48. The Bertz CT molecular complexity index is 855. The number of carbonyl (C=O) groups is 1. The number of nitrogens with one attached hydrogen (secondary N) is 1. The molecule has 26 heavy (non-hydrogen) atoms. The highest BCUT2D eigenvalue weighted by atomic mass is 32.2. The van der Waals surface area contributed by atoms with Crippen molar-refractivity contribution in [2.75, 3.05) is 5.75 Å². The van der Waals surface area contributed by atoms with Crippen LogP contribution in [0.2, 0.25) is 0 Å². The van der Waals surface area contributed by atoms with Crippen LogP contribution in [-0.4, -0.2) is 21.2 Å². The summed E-state index contributed by atoms with van der Waals surface area (Å²) in [5.41, 5.74) is 2.10. The molecule has 1 amide bonds. The summed E-state index contributed by atoms with van der Waals surface area (Å²) in [5.74, 6) is 1.68. The van der Waals surface area contributed by atoms with E-state index in [1.807, 2.05) is 37.3 Å². The zero-order valence-corrected chi connectivity index (χ0v) is 16.3. The molecule has 1 N–H and O–H groups in total. The van der Waals surface area contributed by atoms with Crippen LogP contribution in [0.15, 0.2) is 52.2 Å². The number of fused-ring (bicyclic) bond motifs is 1. The normalized spacial score (nSPS) is 12.6. The molecular weight excluding hydrogens is 346 g/mol. The molecule has 0 aliphatic rings. The lowest BCUT2D eigenvalue weighted by Crippen LogP contribution is -2.28. The van der Waals surface area contributed by atoms with E-state index in [9.17, 15) is 4.79 Å². The lowest BCUT2D eigenvalue weighted by Gasteiger charge is -2.12. The van der Waals surface area contributed by atoms with Crippen molar-refractivity contribution in [2.45, 2.75) is 44.9 Å². The SMILES string of the molecule is CC(C)CCn1c(SCC(=O)N[C@@H](C)c2ccco2)nc2ccccc21. The molecule has 3 rings (SSSR count). The number of carbonyl (C=O) groups excluding carboxylic acids is 1. The van der Waals surface area contributed by atoms with Gasteiger partial charge in [-0.25, -0.2) is 4.98 Å². The third-order valence-corrected chi connectivity index (χ3v) is 5.21. The van der Waals surface area contributed by atoms with Crippen molar-refractivity contribution in [3.63, 3.8) is 0 Å². The Morgan fingerprint density at radius 1 is 1.23 bits per heavy atom. The van der Waals surface area contributed by atoms with Gasteiger partial charge in [0.25, 0.3) is 0 Å². The Kier molecular flexibility index (Phi) is 6.04. The first kappa shape index (κ1) is 18.6. The molecule has 1 aromatic carbocycles. The number of hydrogen-bond donors (Lipinski definition) is 1. The summed E-state index contributed by atoms with van der Waals surface area (Å²) in [5, 5.41) is 3.86. The van der Waals surface area contributed by atoms with Crippen molar-refractivity contribution >= 4 is 28.7 Å². The molecular formula is C20H25N3O2S. The maximum Gasteiger partial charge on any atom is 0.231 e. The number of benzene rings is 1. The number of para-hydroxylation sites is 2. The summed E-state index contributed by atoms with van der Waals surface area (Å²) in [6.07, 6.45) is 2.69. The Labute approximate surface area is 158 Å². The highest BCUT2D eigenvalue weighted by Gasteiger charge is 2.15. The van der Waals surface area contributed by atoms with Crippen molar-refractivity contribution in [1.82, 2.24) is 14.9 Å². The highest BCUT2D eigenvalue weighted by Crippen LogP contribution is 2.25. The second-order valence-electron chi connectivity index (χ2n) is 6.81. The van der Waals surface area contributed by atoms with Gasteiger partial charge in [-0.1, -0.05) is 37.7 Å². The van der Waals surface area contributed by atoms with Crippen molar-refractivity contribution in [3.05, 3.63) is 48.4 Å². The van der Waals surface area contributed by atoms with Gasteiger partial charge in [0.1, 0.15) is 5.76 Å². The van der Waals surface area contributed by atoms with Gasteiger partial charge in [0, 0.05) is 6.54 Å². The molecule has 0 aliphatic heterocycles. The van der Waals surface area contributed by atoms with Gasteiger partial charge in [0.2, 0.25) is 5.91 Å². The van der Waals surface area contributed by atoms with E-state index in [2.05, 4.69) is 29.8 Å². The van der Waals surface area contributed by atoms with Gasteiger partial charge in [0.05, 0.1) is 29.1 Å². The van der Waals surface area contributed by atoms with E-state index in [0.717, 1.165) is 34.9 Å². The second-order valence-corrected chi connectivity index (χ2v) is 7.75. The molecule has 0 fully saturated rings. The molecule has 0 radical (unpaired) electrons. The molecule has 0 aliphatic carbocycles. The van der Waals surface area contributed by atoms with E-state index in [-0.39, 0.29) is 11.9 Å². The fraction of sp³-hybridized carbons (Fsp3) is 0.400. The molecule has 2 heterocycles. The topological polar surface area (TPSA) is 60.1 Å². The molecule has 6 heteroatoms. The lowest BCUT2D eigenvalue weighted by atomic mass is 10.1. The molecule has 0 saturated carbocycles. The first-order valence-electron chi connectivity index (χ1n) is 8.95. The molecule has 1 atom stereocenters. The van der Waals surface area contributed by atoms with E-state index < -0.39 is 0 Å². The van der Waals surface area contributed by atoms with Gasteiger partial charge < -0.3 is 14.3 Å². The Morgan fingerprint density at radius 3 is 2.77 bits per heavy atom. The standard InChI is InChI=1S/C20H25N3O2S/c1-14(2)10-11-23-17-8-5-4-7-16(17)22-20(23)26-13-19(24)21-15(3)18-9-6-12-25-18/h4-9,12,14-15H,10-11,13H2,1-3H3,(H,21,24)/t15-/m0/s1. The smallest absolute Gasteiger partial charge is 0.231 e. The summed E-state index contributed by atoms with van der Waals surface area (Å²) in [6, 6.07) is 11.7. The van der Waals surface area contributed by atoms with Crippen LogP contribution >= 0.6 is 11.8 Å². The minimum absolute atomic E-state index is 0.0265.